The van der Waals surface area contributed by atoms with Gasteiger partial charge in [-0.05, 0) is 43.9 Å². The van der Waals surface area contributed by atoms with Gasteiger partial charge in [0.25, 0.3) is 0 Å². The highest BCUT2D eigenvalue weighted by Crippen LogP contribution is 2.15. The molecule has 104 valence electrons. The average molecular weight is 277 g/mol. The number of fused-ring (bicyclic) bond motifs is 1. The van der Waals surface area contributed by atoms with Gasteiger partial charge in [-0.3, -0.25) is 0 Å². The summed E-state index contributed by atoms with van der Waals surface area (Å²) in [6, 6.07) is 6.85. The molecular formula is C15H23N3S. The Morgan fingerprint density at radius 1 is 1.42 bits per heavy atom. The number of benzene rings is 1. The average Bonchev–Trinajstić information content (AvgIpc) is 2.81. The zero-order chi connectivity index (χ0) is 13.7. The van der Waals surface area contributed by atoms with Crippen molar-refractivity contribution in [2.75, 3.05) is 18.6 Å². The van der Waals surface area contributed by atoms with Crippen LogP contribution in [-0.2, 0) is 6.42 Å². The lowest BCUT2D eigenvalue weighted by molar-refractivity contribution is 0.537. The lowest BCUT2D eigenvalue weighted by Gasteiger charge is -2.11. The highest BCUT2D eigenvalue weighted by atomic mass is 32.2. The summed E-state index contributed by atoms with van der Waals surface area (Å²) in [5, 5.41) is 3.55. The second-order valence-electron chi connectivity index (χ2n) is 5.04. The number of nitrogens with zero attached hydrogens (tertiary/aromatic N) is 1. The number of imidazole rings is 1. The van der Waals surface area contributed by atoms with Crippen LogP contribution >= 0.6 is 11.8 Å². The summed E-state index contributed by atoms with van der Waals surface area (Å²) in [6.07, 6.45) is 4.33. The van der Waals surface area contributed by atoms with Gasteiger partial charge in [0.2, 0.25) is 0 Å². The molecule has 0 aliphatic heterocycles. The van der Waals surface area contributed by atoms with Crippen LogP contribution in [0.5, 0.6) is 0 Å². The first-order chi connectivity index (χ1) is 9.20. The van der Waals surface area contributed by atoms with Gasteiger partial charge in [-0.25, -0.2) is 4.98 Å². The van der Waals surface area contributed by atoms with E-state index in [1.807, 2.05) is 11.8 Å². The fourth-order valence-electron chi connectivity index (χ4n) is 2.18. The summed E-state index contributed by atoms with van der Waals surface area (Å²) in [6.45, 7) is 5.34. The first-order valence-corrected chi connectivity index (χ1v) is 8.26. The van der Waals surface area contributed by atoms with Crippen LogP contribution < -0.4 is 5.32 Å². The van der Waals surface area contributed by atoms with Crippen molar-refractivity contribution in [1.82, 2.24) is 15.3 Å². The summed E-state index contributed by atoms with van der Waals surface area (Å²) in [7, 11) is 0. The van der Waals surface area contributed by atoms with Crippen molar-refractivity contribution in [2.45, 2.75) is 32.7 Å². The fraction of sp³-hybridized carbons (Fsp3) is 0.533. The van der Waals surface area contributed by atoms with Crippen LogP contribution in [0.1, 0.15) is 24.7 Å². The molecule has 1 aromatic carbocycles. The zero-order valence-corrected chi connectivity index (χ0v) is 12.8. The van der Waals surface area contributed by atoms with Gasteiger partial charge in [0.05, 0.1) is 11.0 Å². The lowest BCUT2D eigenvalue weighted by atomic mass is 10.2. The molecule has 0 spiro atoms. The molecule has 0 aliphatic carbocycles. The maximum atomic E-state index is 4.67. The summed E-state index contributed by atoms with van der Waals surface area (Å²) in [5.41, 5.74) is 3.49. The quantitative estimate of drug-likeness (QED) is 0.817. The predicted molar refractivity (Wildman–Crippen MR) is 85.0 cm³/mol. The second kappa shape index (κ2) is 6.96. The first-order valence-electron chi connectivity index (χ1n) is 6.87. The molecule has 2 aromatic rings. The minimum atomic E-state index is 0.582. The number of thioether (sulfide) groups is 1. The van der Waals surface area contributed by atoms with Crippen LogP contribution in [0.2, 0.25) is 0 Å². The van der Waals surface area contributed by atoms with E-state index >= 15 is 0 Å². The number of rotatable bonds is 7. The van der Waals surface area contributed by atoms with E-state index in [-0.39, 0.29) is 0 Å². The van der Waals surface area contributed by atoms with E-state index in [1.165, 1.54) is 17.7 Å². The maximum absolute atomic E-state index is 4.67. The number of hydrogen-bond acceptors (Lipinski definition) is 3. The largest absolute Gasteiger partial charge is 0.342 e. The molecular weight excluding hydrogens is 254 g/mol. The number of para-hydroxylation sites is 1. The Labute approximate surface area is 119 Å². The van der Waals surface area contributed by atoms with Crippen molar-refractivity contribution < 1.29 is 0 Å². The number of H-pyrrole nitrogens is 1. The number of aryl methyl sites for hydroxylation is 1. The Morgan fingerprint density at radius 2 is 2.26 bits per heavy atom. The minimum absolute atomic E-state index is 0.582. The molecule has 0 radical (unpaired) electrons. The highest BCUT2D eigenvalue weighted by molar-refractivity contribution is 7.98. The minimum Gasteiger partial charge on any atom is -0.342 e. The van der Waals surface area contributed by atoms with Crippen molar-refractivity contribution in [3.8, 4) is 0 Å². The van der Waals surface area contributed by atoms with Gasteiger partial charge in [0.15, 0.2) is 0 Å². The van der Waals surface area contributed by atoms with Gasteiger partial charge in [0.1, 0.15) is 5.82 Å². The van der Waals surface area contributed by atoms with Crippen molar-refractivity contribution in [2.24, 2.45) is 0 Å². The second-order valence-corrected chi connectivity index (χ2v) is 6.03. The third-order valence-corrected chi connectivity index (χ3v) is 4.02. The van der Waals surface area contributed by atoms with Gasteiger partial charge in [-0.2, -0.15) is 11.8 Å². The molecule has 19 heavy (non-hydrogen) atoms. The normalized spacial score (nSPS) is 13.0. The van der Waals surface area contributed by atoms with Crippen LogP contribution in [0.4, 0.5) is 0 Å². The molecule has 1 atom stereocenters. The molecule has 3 nitrogen and oxygen atoms in total. The van der Waals surface area contributed by atoms with Crippen LogP contribution in [0, 0.1) is 6.92 Å². The fourth-order valence-corrected chi connectivity index (χ4v) is 2.77. The first kappa shape index (κ1) is 14.4. The standard InChI is InChI=1S/C15H23N3S/c1-11-5-4-6-13-15(11)18-14(17-13)7-9-16-12(2)8-10-19-3/h4-6,12,16H,7-10H2,1-3H3,(H,17,18)/t12-/m1/s1. The van der Waals surface area contributed by atoms with E-state index in [0.717, 1.165) is 29.8 Å². The van der Waals surface area contributed by atoms with Crippen molar-refractivity contribution in [1.29, 1.82) is 0 Å². The number of aromatic amines is 1. The SMILES string of the molecule is CSCC[C@@H](C)NCCc1nc2c(C)cccc2[nH]1. The van der Waals surface area contributed by atoms with E-state index in [9.17, 15) is 0 Å². The van der Waals surface area contributed by atoms with E-state index in [2.05, 4.69) is 53.6 Å². The third-order valence-electron chi connectivity index (χ3n) is 3.37. The van der Waals surface area contributed by atoms with Crippen molar-refractivity contribution >= 4 is 22.8 Å². The summed E-state index contributed by atoms with van der Waals surface area (Å²) >= 11 is 1.91. The maximum Gasteiger partial charge on any atom is 0.108 e. The summed E-state index contributed by atoms with van der Waals surface area (Å²) in [5.74, 6) is 2.30. The molecule has 0 amide bonds. The van der Waals surface area contributed by atoms with E-state index < -0.39 is 0 Å². The molecule has 2 N–H and O–H groups in total. The summed E-state index contributed by atoms with van der Waals surface area (Å²) in [4.78, 5) is 8.07. The zero-order valence-electron chi connectivity index (χ0n) is 12.0. The van der Waals surface area contributed by atoms with Gasteiger partial charge >= 0.3 is 0 Å². The van der Waals surface area contributed by atoms with E-state index in [4.69, 9.17) is 0 Å². The molecule has 2 rings (SSSR count). The van der Waals surface area contributed by atoms with Crippen LogP contribution in [-0.4, -0.2) is 34.6 Å². The molecule has 4 heteroatoms. The third kappa shape index (κ3) is 3.98. The Hall–Kier alpha value is -1.00. The molecule has 0 bridgehead atoms. The Morgan fingerprint density at radius 3 is 3.00 bits per heavy atom. The van der Waals surface area contributed by atoms with Gasteiger partial charge in [-0.15, -0.1) is 0 Å². The van der Waals surface area contributed by atoms with Gasteiger partial charge < -0.3 is 10.3 Å². The monoisotopic (exact) mass is 277 g/mol. The van der Waals surface area contributed by atoms with Crippen LogP contribution in [0.3, 0.4) is 0 Å². The van der Waals surface area contributed by atoms with Crippen molar-refractivity contribution in [3.63, 3.8) is 0 Å². The molecule has 0 saturated heterocycles. The molecule has 0 unspecified atom stereocenters. The molecule has 0 aliphatic rings. The lowest BCUT2D eigenvalue weighted by Crippen LogP contribution is -2.28. The van der Waals surface area contributed by atoms with E-state index in [1.54, 1.807) is 0 Å². The Bertz CT molecular complexity index is 521. The predicted octanol–water partition coefficient (Wildman–Crippen LogP) is 3.15. The van der Waals surface area contributed by atoms with E-state index in [0.29, 0.717) is 6.04 Å². The number of hydrogen-bond donors (Lipinski definition) is 2. The molecule has 0 fully saturated rings. The number of nitrogens with one attached hydrogen (secondary N) is 2. The molecule has 0 saturated carbocycles. The Balaban J connectivity index is 1.86. The van der Waals surface area contributed by atoms with Gasteiger partial charge in [-0.1, -0.05) is 12.1 Å². The summed E-state index contributed by atoms with van der Waals surface area (Å²) < 4.78 is 0. The molecule has 1 aromatic heterocycles. The topological polar surface area (TPSA) is 40.7 Å². The molecule has 1 heterocycles. The smallest absolute Gasteiger partial charge is 0.108 e. The van der Waals surface area contributed by atoms with Crippen LogP contribution in [0.15, 0.2) is 18.2 Å². The Kier molecular flexibility index (Phi) is 5.28. The highest BCUT2D eigenvalue weighted by Gasteiger charge is 2.05. The van der Waals surface area contributed by atoms with Crippen molar-refractivity contribution in [3.05, 3.63) is 29.6 Å². The van der Waals surface area contributed by atoms with Gasteiger partial charge in [0, 0.05) is 19.0 Å². The number of aromatic nitrogens is 2. The van der Waals surface area contributed by atoms with Crippen LogP contribution in [0.25, 0.3) is 11.0 Å².